The summed E-state index contributed by atoms with van der Waals surface area (Å²) in [6.45, 7) is 4.49. The average molecular weight is 395 g/mol. The summed E-state index contributed by atoms with van der Waals surface area (Å²) in [5, 5.41) is 5.10. The topological polar surface area (TPSA) is 75.1 Å². The molecule has 4 aromatic rings. The molecule has 1 amide bonds. The molecular weight excluding hydrogens is 376 g/mol. The van der Waals surface area contributed by atoms with E-state index in [9.17, 15) is 9.59 Å². The van der Waals surface area contributed by atoms with Crippen LogP contribution in [-0.4, -0.2) is 17.4 Å². The molecule has 0 saturated carbocycles. The number of H-pyrrole nitrogens is 1. The number of halogens is 1. The van der Waals surface area contributed by atoms with Crippen molar-refractivity contribution in [3.8, 4) is 0 Å². The van der Waals surface area contributed by atoms with Gasteiger partial charge in [0.2, 0.25) is 0 Å². The molecule has 2 aromatic carbocycles. The van der Waals surface area contributed by atoms with E-state index >= 15 is 0 Å². The van der Waals surface area contributed by atoms with Crippen LogP contribution in [0.2, 0.25) is 5.02 Å². The molecule has 142 valence electrons. The van der Waals surface area contributed by atoms with Gasteiger partial charge in [-0.2, -0.15) is 0 Å². The predicted octanol–water partition coefficient (Wildman–Crippen LogP) is 4.52. The molecule has 0 spiro atoms. The van der Waals surface area contributed by atoms with Gasteiger partial charge in [0.05, 0.1) is 0 Å². The van der Waals surface area contributed by atoms with Gasteiger partial charge >= 0.3 is 5.63 Å². The zero-order chi connectivity index (χ0) is 19.8. The Hall–Kier alpha value is -3.05. The quantitative estimate of drug-likeness (QED) is 0.500. The third kappa shape index (κ3) is 3.41. The third-order valence-corrected chi connectivity index (χ3v) is 5.11. The zero-order valence-electron chi connectivity index (χ0n) is 15.6. The Kier molecular flexibility index (Phi) is 4.69. The van der Waals surface area contributed by atoms with Gasteiger partial charge in [-0.15, -0.1) is 0 Å². The van der Waals surface area contributed by atoms with E-state index in [4.69, 9.17) is 16.0 Å². The standard InChI is InChI=1S/C22H19ClN2O3/c1-12-3-5-19-17(9-12)16(13(2)25-19)7-8-24-21(26)18-11-14-10-15(23)4-6-20(14)28-22(18)27/h3-6,9-11,25H,7-8H2,1-2H3,(H,24,26). The number of aromatic amines is 1. The minimum Gasteiger partial charge on any atom is -0.422 e. The molecule has 0 aliphatic carbocycles. The van der Waals surface area contributed by atoms with Crippen LogP contribution in [0.15, 0.2) is 51.7 Å². The van der Waals surface area contributed by atoms with Gasteiger partial charge in [-0.25, -0.2) is 4.79 Å². The minimum absolute atomic E-state index is 0.0266. The van der Waals surface area contributed by atoms with Gasteiger partial charge in [-0.05, 0) is 62.2 Å². The van der Waals surface area contributed by atoms with E-state index < -0.39 is 11.5 Å². The molecule has 0 saturated heterocycles. The van der Waals surface area contributed by atoms with Crippen LogP contribution in [0.3, 0.4) is 0 Å². The number of amides is 1. The molecule has 2 aromatic heterocycles. The normalized spacial score (nSPS) is 11.2. The fourth-order valence-electron chi connectivity index (χ4n) is 3.47. The van der Waals surface area contributed by atoms with Crippen molar-refractivity contribution in [2.45, 2.75) is 20.3 Å². The molecule has 28 heavy (non-hydrogen) atoms. The Morgan fingerprint density at radius 2 is 1.96 bits per heavy atom. The van der Waals surface area contributed by atoms with E-state index in [0.717, 1.165) is 22.2 Å². The van der Waals surface area contributed by atoms with Crippen molar-refractivity contribution in [2.75, 3.05) is 6.54 Å². The first-order valence-corrected chi connectivity index (χ1v) is 9.39. The van der Waals surface area contributed by atoms with Crippen LogP contribution in [0.4, 0.5) is 0 Å². The Balaban J connectivity index is 1.53. The number of hydrogen-bond acceptors (Lipinski definition) is 3. The number of rotatable bonds is 4. The lowest BCUT2D eigenvalue weighted by atomic mass is 10.1. The van der Waals surface area contributed by atoms with E-state index in [0.29, 0.717) is 29.0 Å². The van der Waals surface area contributed by atoms with Crippen molar-refractivity contribution in [1.82, 2.24) is 10.3 Å². The van der Waals surface area contributed by atoms with Gasteiger partial charge in [0.1, 0.15) is 11.1 Å². The van der Waals surface area contributed by atoms with E-state index in [-0.39, 0.29) is 5.56 Å². The summed E-state index contributed by atoms with van der Waals surface area (Å²) in [6, 6.07) is 12.7. The van der Waals surface area contributed by atoms with Gasteiger partial charge in [-0.1, -0.05) is 23.2 Å². The van der Waals surface area contributed by atoms with E-state index in [2.05, 4.69) is 35.4 Å². The maximum atomic E-state index is 12.5. The molecule has 0 aliphatic heterocycles. The van der Waals surface area contributed by atoms with Crippen LogP contribution in [0.1, 0.15) is 27.2 Å². The predicted molar refractivity (Wildman–Crippen MR) is 111 cm³/mol. The van der Waals surface area contributed by atoms with Crippen molar-refractivity contribution in [2.24, 2.45) is 0 Å². The van der Waals surface area contributed by atoms with Crippen LogP contribution in [0, 0.1) is 13.8 Å². The molecule has 0 atom stereocenters. The number of aryl methyl sites for hydroxylation is 2. The van der Waals surface area contributed by atoms with Crippen molar-refractivity contribution < 1.29 is 9.21 Å². The second-order valence-corrected chi connectivity index (χ2v) is 7.35. The first kappa shape index (κ1) is 18.3. The highest BCUT2D eigenvalue weighted by Gasteiger charge is 2.15. The molecule has 0 aliphatic rings. The molecule has 4 rings (SSSR count). The number of benzene rings is 2. The zero-order valence-corrected chi connectivity index (χ0v) is 16.3. The molecule has 0 fully saturated rings. The van der Waals surface area contributed by atoms with Crippen LogP contribution < -0.4 is 10.9 Å². The van der Waals surface area contributed by atoms with Gasteiger partial charge in [0.25, 0.3) is 5.91 Å². The summed E-state index contributed by atoms with van der Waals surface area (Å²) in [5.41, 5.74) is 4.22. The molecule has 5 nitrogen and oxygen atoms in total. The second kappa shape index (κ2) is 7.17. The summed E-state index contributed by atoms with van der Waals surface area (Å²) in [7, 11) is 0. The summed E-state index contributed by atoms with van der Waals surface area (Å²) in [4.78, 5) is 28.0. The molecule has 2 heterocycles. The number of nitrogens with one attached hydrogen (secondary N) is 2. The highest BCUT2D eigenvalue weighted by molar-refractivity contribution is 6.31. The molecule has 0 radical (unpaired) electrons. The monoisotopic (exact) mass is 394 g/mol. The van der Waals surface area contributed by atoms with E-state index in [1.807, 2.05) is 6.92 Å². The van der Waals surface area contributed by atoms with Gasteiger partial charge in [-0.3, -0.25) is 4.79 Å². The largest absolute Gasteiger partial charge is 0.422 e. The lowest BCUT2D eigenvalue weighted by molar-refractivity contribution is 0.0950. The molecule has 6 heteroatoms. The molecule has 2 N–H and O–H groups in total. The van der Waals surface area contributed by atoms with Crippen LogP contribution in [-0.2, 0) is 6.42 Å². The van der Waals surface area contributed by atoms with Crippen LogP contribution >= 0.6 is 11.6 Å². The smallest absolute Gasteiger partial charge is 0.349 e. The maximum Gasteiger partial charge on any atom is 0.349 e. The van der Waals surface area contributed by atoms with Gasteiger partial charge < -0.3 is 14.7 Å². The number of carbonyl (C=O) groups excluding carboxylic acids is 1. The SMILES string of the molecule is Cc1ccc2[nH]c(C)c(CCNC(=O)c3cc4cc(Cl)ccc4oc3=O)c2c1. The van der Waals surface area contributed by atoms with E-state index in [1.54, 1.807) is 18.2 Å². The average Bonchev–Trinajstić information content (AvgIpc) is 2.96. The van der Waals surface area contributed by atoms with Crippen LogP contribution in [0.5, 0.6) is 0 Å². The molecule has 0 unspecified atom stereocenters. The summed E-state index contributed by atoms with van der Waals surface area (Å²) in [5.74, 6) is -0.454. The van der Waals surface area contributed by atoms with E-state index in [1.165, 1.54) is 11.6 Å². The van der Waals surface area contributed by atoms with Crippen molar-refractivity contribution >= 4 is 39.4 Å². The van der Waals surface area contributed by atoms with Gasteiger partial charge in [0, 0.05) is 33.6 Å². The minimum atomic E-state index is -0.661. The fourth-order valence-corrected chi connectivity index (χ4v) is 3.65. The van der Waals surface area contributed by atoms with Crippen molar-refractivity contribution in [1.29, 1.82) is 0 Å². The van der Waals surface area contributed by atoms with Crippen LogP contribution in [0.25, 0.3) is 21.9 Å². The first-order valence-electron chi connectivity index (χ1n) is 9.02. The second-order valence-electron chi connectivity index (χ2n) is 6.91. The highest BCUT2D eigenvalue weighted by atomic mass is 35.5. The Morgan fingerprint density at radius 1 is 1.14 bits per heavy atom. The highest BCUT2D eigenvalue weighted by Crippen LogP contribution is 2.23. The molecular formula is C22H19ClN2O3. The number of hydrogen-bond donors (Lipinski definition) is 2. The fraction of sp³-hybridized carbons (Fsp3) is 0.182. The number of carbonyl (C=O) groups is 1. The van der Waals surface area contributed by atoms with Crippen molar-refractivity contribution in [3.63, 3.8) is 0 Å². The first-order chi connectivity index (χ1) is 13.4. The summed E-state index contributed by atoms with van der Waals surface area (Å²) < 4.78 is 5.23. The number of aromatic nitrogens is 1. The lowest BCUT2D eigenvalue weighted by Gasteiger charge is -2.06. The molecule has 0 bridgehead atoms. The van der Waals surface area contributed by atoms with Crippen molar-refractivity contribution in [3.05, 3.63) is 80.3 Å². The Morgan fingerprint density at radius 3 is 2.79 bits per heavy atom. The summed E-state index contributed by atoms with van der Waals surface area (Å²) >= 11 is 5.98. The number of fused-ring (bicyclic) bond motifs is 2. The van der Waals surface area contributed by atoms with Gasteiger partial charge in [0.15, 0.2) is 0 Å². The lowest BCUT2D eigenvalue weighted by Crippen LogP contribution is -2.30. The Labute approximate surface area is 166 Å². The summed E-state index contributed by atoms with van der Waals surface area (Å²) in [6.07, 6.45) is 0.659. The third-order valence-electron chi connectivity index (χ3n) is 4.87. The Bertz CT molecular complexity index is 1270. The maximum absolute atomic E-state index is 12.5.